The number of aromatic nitrogens is 2. The molecule has 1 aromatic heterocycles. The summed E-state index contributed by atoms with van der Waals surface area (Å²) in [5.41, 5.74) is 1.23. The van der Waals surface area contributed by atoms with Gasteiger partial charge in [0.15, 0.2) is 5.82 Å². The normalized spacial score (nSPS) is 12.3. The molecule has 1 heterocycles. The van der Waals surface area contributed by atoms with E-state index in [-0.39, 0.29) is 6.04 Å². The van der Waals surface area contributed by atoms with Gasteiger partial charge in [0.1, 0.15) is 5.75 Å². The van der Waals surface area contributed by atoms with Crippen LogP contribution >= 0.6 is 0 Å². The van der Waals surface area contributed by atoms with E-state index in [4.69, 9.17) is 9.26 Å². The Labute approximate surface area is 119 Å². The van der Waals surface area contributed by atoms with Crippen LogP contribution in [-0.4, -0.2) is 23.3 Å². The van der Waals surface area contributed by atoms with Gasteiger partial charge in [0, 0.05) is 19.0 Å². The molecule has 20 heavy (non-hydrogen) atoms. The minimum absolute atomic E-state index is 0.273. The Bertz CT molecular complexity index is 522. The van der Waals surface area contributed by atoms with Gasteiger partial charge in [0.05, 0.1) is 6.61 Å². The number of nitrogens with one attached hydrogen (secondary N) is 1. The highest BCUT2D eigenvalue weighted by atomic mass is 16.5. The van der Waals surface area contributed by atoms with E-state index in [1.807, 2.05) is 26.0 Å². The van der Waals surface area contributed by atoms with Crippen molar-refractivity contribution in [2.24, 2.45) is 0 Å². The lowest BCUT2D eigenvalue weighted by Gasteiger charge is -2.14. The molecule has 2 rings (SSSR count). The van der Waals surface area contributed by atoms with Crippen molar-refractivity contribution in [3.8, 4) is 5.75 Å². The first-order valence-electron chi connectivity index (χ1n) is 6.94. The van der Waals surface area contributed by atoms with Gasteiger partial charge in [-0.25, -0.2) is 0 Å². The molecule has 0 radical (unpaired) electrons. The molecule has 0 spiro atoms. The number of rotatable bonds is 7. The summed E-state index contributed by atoms with van der Waals surface area (Å²) in [5, 5.41) is 7.21. The van der Waals surface area contributed by atoms with Gasteiger partial charge in [-0.2, -0.15) is 4.98 Å². The van der Waals surface area contributed by atoms with Crippen LogP contribution in [0, 0.1) is 6.92 Å². The molecule has 0 saturated heterocycles. The van der Waals surface area contributed by atoms with E-state index in [1.165, 1.54) is 5.56 Å². The van der Waals surface area contributed by atoms with E-state index in [9.17, 15) is 0 Å². The average molecular weight is 275 g/mol. The van der Waals surface area contributed by atoms with Crippen LogP contribution in [0.2, 0.25) is 0 Å². The van der Waals surface area contributed by atoms with Crippen molar-refractivity contribution in [1.82, 2.24) is 15.5 Å². The lowest BCUT2D eigenvalue weighted by Crippen LogP contribution is -2.21. The summed E-state index contributed by atoms with van der Waals surface area (Å²) >= 11 is 0. The number of hydrogen-bond acceptors (Lipinski definition) is 5. The van der Waals surface area contributed by atoms with Gasteiger partial charge in [-0.1, -0.05) is 17.3 Å². The van der Waals surface area contributed by atoms with Crippen LogP contribution in [0.4, 0.5) is 0 Å². The molecule has 1 N–H and O–H groups in total. The van der Waals surface area contributed by atoms with E-state index in [2.05, 4.69) is 34.5 Å². The molecule has 1 aromatic carbocycles. The highest BCUT2D eigenvalue weighted by Crippen LogP contribution is 2.17. The summed E-state index contributed by atoms with van der Waals surface area (Å²) in [6.45, 7) is 7.43. The maximum atomic E-state index is 5.43. The Morgan fingerprint density at radius 3 is 2.65 bits per heavy atom. The highest BCUT2D eigenvalue weighted by Gasteiger charge is 2.07. The molecule has 1 unspecified atom stereocenters. The van der Waals surface area contributed by atoms with E-state index in [1.54, 1.807) is 0 Å². The minimum Gasteiger partial charge on any atom is -0.494 e. The van der Waals surface area contributed by atoms with Gasteiger partial charge in [-0.15, -0.1) is 0 Å². The number of hydrogen-bond donors (Lipinski definition) is 1. The number of aryl methyl sites for hydroxylation is 1. The Kier molecular flexibility index (Phi) is 5.12. The zero-order valence-corrected chi connectivity index (χ0v) is 12.2. The molecule has 5 heteroatoms. The van der Waals surface area contributed by atoms with E-state index >= 15 is 0 Å². The predicted molar refractivity (Wildman–Crippen MR) is 76.8 cm³/mol. The third kappa shape index (κ3) is 4.06. The minimum atomic E-state index is 0.273. The summed E-state index contributed by atoms with van der Waals surface area (Å²) in [6, 6.07) is 8.44. The van der Waals surface area contributed by atoms with Crippen LogP contribution in [0.25, 0.3) is 0 Å². The van der Waals surface area contributed by atoms with Crippen LogP contribution in [0.1, 0.15) is 37.2 Å². The number of benzene rings is 1. The van der Waals surface area contributed by atoms with Crippen molar-refractivity contribution >= 4 is 0 Å². The van der Waals surface area contributed by atoms with E-state index in [0.29, 0.717) is 18.3 Å². The maximum Gasteiger partial charge on any atom is 0.227 e. The van der Waals surface area contributed by atoms with E-state index < -0.39 is 0 Å². The van der Waals surface area contributed by atoms with Crippen LogP contribution in [0.3, 0.4) is 0 Å². The smallest absolute Gasteiger partial charge is 0.227 e. The quantitative estimate of drug-likeness (QED) is 0.841. The van der Waals surface area contributed by atoms with Crippen molar-refractivity contribution in [2.75, 3.05) is 13.2 Å². The zero-order chi connectivity index (χ0) is 14.4. The number of nitrogens with zero attached hydrogens (tertiary/aromatic N) is 2. The molecule has 0 aliphatic carbocycles. The molecular formula is C15H21N3O2. The first kappa shape index (κ1) is 14.5. The van der Waals surface area contributed by atoms with Crippen molar-refractivity contribution < 1.29 is 9.26 Å². The zero-order valence-electron chi connectivity index (χ0n) is 12.2. The summed E-state index contributed by atoms with van der Waals surface area (Å²) in [4.78, 5) is 4.18. The van der Waals surface area contributed by atoms with Crippen LogP contribution < -0.4 is 10.1 Å². The fourth-order valence-electron chi connectivity index (χ4n) is 1.97. The van der Waals surface area contributed by atoms with Crippen molar-refractivity contribution in [2.45, 2.75) is 33.2 Å². The van der Waals surface area contributed by atoms with Gasteiger partial charge in [-0.05, 0) is 38.5 Å². The maximum absolute atomic E-state index is 5.43. The lowest BCUT2D eigenvalue weighted by molar-refractivity contribution is 0.340. The molecule has 1 atom stereocenters. The average Bonchev–Trinajstić information content (AvgIpc) is 2.85. The lowest BCUT2D eigenvalue weighted by atomic mass is 10.1. The molecule has 0 aliphatic rings. The Balaban J connectivity index is 1.80. The van der Waals surface area contributed by atoms with Crippen molar-refractivity contribution in [1.29, 1.82) is 0 Å². The Morgan fingerprint density at radius 2 is 2.05 bits per heavy atom. The van der Waals surface area contributed by atoms with Crippen LogP contribution in [0.15, 0.2) is 28.8 Å². The van der Waals surface area contributed by atoms with Crippen LogP contribution in [-0.2, 0) is 6.42 Å². The second-order valence-corrected chi connectivity index (χ2v) is 4.66. The van der Waals surface area contributed by atoms with Gasteiger partial charge >= 0.3 is 0 Å². The molecule has 108 valence electrons. The Hall–Kier alpha value is -1.88. The molecule has 0 fully saturated rings. The van der Waals surface area contributed by atoms with Crippen LogP contribution in [0.5, 0.6) is 5.75 Å². The topological polar surface area (TPSA) is 60.2 Å². The van der Waals surface area contributed by atoms with Gasteiger partial charge in [-0.3, -0.25) is 0 Å². The molecule has 0 amide bonds. The summed E-state index contributed by atoms with van der Waals surface area (Å²) in [7, 11) is 0. The highest BCUT2D eigenvalue weighted by molar-refractivity contribution is 5.28. The van der Waals surface area contributed by atoms with Crippen molar-refractivity contribution in [3.05, 3.63) is 41.5 Å². The Morgan fingerprint density at radius 1 is 1.30 bits per heavy atom. The standard InChI is InChI=1S/C15H21N3O2/c1-4-19-14-7-5-13(6-8-14)11(2)16-10-9-15-17-12(3)18-20-15/h5-8,11,16H,4,9-10H2,1-3H3. The summed E-state index contributed by atoms with van der Waals surface area (Å²) in [5.74, 6) is 2.26. The second kappa shape index (κ2) is 7.05. The molecular weight excluding hydrogens is 254 g/mol. The number of ether oxygens (including phenoxy) is 1. The second-order valence-electron chi connectivity index (χ2n) is 4.66. The molecule has 0 bridgehead atoms. The summed E-state index contributed by atoms with van der Waals surface area (Å²) in [6.07, 6.45) is 0.738. The summed E-state index contributed by atoms with van der Waals surface area (Å²) < 4.78 is 10.5. The largest absolute Gasteiger partial charge is 0.494 e. The first-order chi connectivity index (χ1) is 9.69. The molecule has 0 aliphatic heterocycles. The molecule has 5 nitrogen and oxygen atoms in total. The third-order valence-corrected chi connectivity index (χ3v) is 3.05. The van der Waals surface area contributed by atoms with E-state index in [0.717, 1.165) is 18.7 Å². The SMILES string of the molecule is CCOc1ccc(C(C)NCCc2nc(C)no2)cc1. The third-order valence-electron chi connectivity index (χ3n) is 3.05. The van der Waals surface area contributed by atoms with Crippen molar-refractivity contribution in [3.63, 3.8) is 0 Å². The molecule has 0 saturated carbocycles. The van der Waals surface area contributed by atoms with Gasteiger partial charge < -0.3 is 14.6 Å². The fourth-order valence-corrected chi connectivity index (χ4v) is 1.97. The first-order valence-corrected chi connectivity index (χ1v) is 6.94. The van der Waals surface area contributed by atoms with Gasteiger partial charge in [0.2, 0.25) is 5.89 Å². The molecule has 2 aromatic rings. The van der Waals surface area contributed by atoms with Gasteiger partial charge in [0.25, 0.3) is 0 Å². The predicted octanol–water partition coefficient (Wildman–Crippen LogP) is 2.67. The fraction of sp³-hybridized carbons (Fsp3) is 0.467. The monoisotopic (exact) mass is 275 g/mol.